The van der Waals surface area contributed by atoms with E-state index in [4.69, 9.17) is 15.2 Å². The van der Waals surface area contributed by atoms with E-state index in [1.54, 1.807) is 24.3 Å². The minimum atomic E-state index is -0.768. The van der Waals surface area contributed by atoms with Crippen LogP contribution in [0.15, 0.2) is 42.5 Å². The average molecular weight is 279 g/mol. The van der Waals surface area contributed by atoms with E-state index in [0.29, 0.717) is 11.5 Å². The fourth-order valence-electron chi connectivity index (χ4n) is 1.81. The Bertz CT molecular complexity index is 590. The van der Waals surface area contributed by atoms with Gasteiger partial charge in [-0.05, 0) is 30.3 Å². The zero-order valence-corrected chi connectivity index (χ0v) is 11.0. The highest BCUT2D eigenvalue weighted by molar-refractivity contribution is 5.39. The molecule has 5 heteroatoms. The van der Waals surface area contributed by atoms with Crippen LogP contribution >= 0.6 is 0 Å². The van der Waals surface area contributed by atoms with E-state index >= 15 is 0 Å². The second-order valence-electron chi connectivity index (χ2n) is 4.23. The van der Waals surface area contributed by atoms with E-state index in [1.807, 2.05) is 0 Å². The van der Waals surface area contributed by atoms with Gasteiger partial charge in [-0.25, -0.2) is 8.78 Å². The van der Waals surface area contributed by atoms with Gasteiger partial charge in [0, 0.05) is 5.56 Å². The summed E-state index contributed by atoms with van der Waals surface area (Å²) in [5.41, 5.74) is 5.91. The summed E-state index contributed by atoms with van der Waals surface area (Å²) >= 11 is 0. The number of rotatable bonds is 5. The molecule has 0 fully saturated rings. The fraction of sp³-hybridized carbons (Fsp3) is 0.200. The molecular formula is C15H15F2NO2. The first kappa shape index (κ1) is 14.3. The lowest BCUT2D eigenvalue weighted by atomic mass is 10.1. The van der Waals surface area contributed by atoms with Crippen molar-refractivity contribution in [1.82, 2.24) is 0 Å². The lowest BCUT2D eigenvalue weighted by Gasteiger charge is -2.16. The van der Waals surface area contributed by atoms with Crippen LogP contribution in [0.4, 0.5) is 8.78 Å². The lowest BCUT2D eigenvalue weighted by molar-refractivity contribution is 0.271. The van der Waals surface area contributed by atoms with Crippen molar-refractivity contribution in [3.8, 4) is 11.5 Å². The van der Waals surface area contributed by atoms with E-state index < -0.39 is 17.7 Å². The summed E-state index contributed by atoms with van der Waals surface area (Å²) < 4.78 is 37.3. The molecule has 106 valence electrons. The Morgan fingerprint density at radius 1 is 1.10 bits per heavy atom. The standard InChI is InChI=1S/C15H15F2NO2/c1-19-14-4-2-3-5-15(14)20-9-13(18)11-8-10(16)6-7-12(11)17/h2-8,13H,9,18H2,1H3. The molecule has 0 spiro atoms. The first-order chi connectivity index (χ1) is 9.61. The topological polar surface area (TPSA) is 44.5 Å². The average Bonchev–Trinajstić information content (AvgIpc) is 2.47. The molecule has 0 amide bonds. The van der Waals surface area contributed by atoms with Gasteiger partial charge in [0.2, 0.25) is 0 Å². The van der Waals surface area contributed by atoms with Gasteiger partial charge in [-0.3, -0.25) is 0 Å². The molecule has 0 aliphatic carbocycles. The summed E-state index contributed by atoms with van der Waals surface area (Å²) in [5.74, 6) is -0.0293. The molecule has 3 nitrogen and oxygen atoms in total. The molecule has 0 heterocycles. The molecule has 2 N–H and O–H groups in total. The molecule has 1 atom stereocenters. The molecular weight excluding hydrogens is 264 g/mol. The van der Waals surface area contributed by atoms with Crippen molar-refractivity contribution in [1.29, 1.82) is 0 Å². The Kier molecular flexibility index (Phi) is 4.53. The van der Waals surface area contributed by atoms with Gasteiger partial charge in [-0.15, -0.1) is 0 Å². The Morgan fingerprint density at radius 2 is 1.80 bits per heavy atom. The summed E-state index contributed by atoms with van der Waals surface area (Å²) in [6.07, 6.45) is 0. The van der Waals surface area contributed by atoms with Crippen molar-refractivity contribution in [2.45, 2.75) is 6.04 Å². The third-order valence-corrected chi connectivity index (χ3v) is 2.84. The minimum absolute atomic E-state index is 0.0146. The van der Waals surface area contributed by atoms with Gasteiger partial charge in [0.25, 0.3) is 0 Å². The summed E-state index contributed by atoms with van der Waals surface area (Å²) in [6, 6.07) is 9.45. The van der Waals surface area contributed by atoms with Crippen molar-refractivity contribution < 1.29 is 18.3 Å². The van der Waals surface area contributed by atoms with Crippen LogP contribution in [0.5, 0.6) is 11.5 Å². The Hall–Kier alpha value is -2.14. The van der Waals surface area contributed by atoms with Crippen molar-refractivity contribution in [3.05, 3.63) is 59.7 Å². The predicted molar refractivity (Wildman–Crippen MR) is 71.8 cm³/mol. The summed E-state index contributed by atoms with van der Waals surface area (Å²) in [5, 5.41) is 0. The first-order valence-corrected chi connectivity index (χ1v) is 6.08. The number of methoxy groups -OCH3 is 1. The van der Waals surface area contributed by atoms with Crippen LogP contribution in [-0.2, 0) is 0 Å². The van der Waals surface area contributed by atoms with Gasteiger partial charge in [0.05, 0.1) is 13.2 Å². The second-order valence-corrected chi connectivity index (χ2v) is 4.23. The highest BCUT2D eigenvalue weighted by Crippen LogP contribution is 2.27. The SMILES string of the molecule is COc1ccccc1OCC(N)c1cc(F)ccc1F. The molecule has 2 aromatic rings. The lowest BCUT2D eigenvalue weighted by Crippen LogP contribution is -2.20. The van der Waals surface area contributed by atoms with Gasteiger partial charge in [0.1, 0.15) is 18.2 Å². The molecule has 20 heavy (non-hydrogen) atoms. The Morgan fingerprint density at radius 3 is 2.50 bits per heavy atom. The van der Waals surface area contributed by atoms with Crippen LogP contribution < -0.4 is 15.2 Å². The van der Waals surface area contributed by atoms with Gasteiger partial charge in [0.15, 0.2) is 11.5 Å². The van der Waals surface area contributed by atoms with E-state index in [2.05, 4.69) is 0 Å². The molecule has 0 aliphatic heterocycles. The molecule has 0 saturated carbocycles. The maximum Gasteiger partial charge on any atom is 0.161 e. The molecule has 2 aromatic carbocycles. The quantitative estimate of drug-likeness (QED) is 0.915. The molecule has 0 aromatic heterocycles. The van der Waals surface area contributed by atoms with Crippen LogP contribution in [0.2, 0.25) is 0 Å². The molecule has 2 rings (SSSR count). The van der Waals surface area contributed by atoms with Crippen LogP contribution in [0.25, 0.3) is 0 Å². The number of hydrogen-bond acceptors (Lipinski definition) is 3. The maximum absolute atomic E-state index is 13.6. The van der Waals surface area contributed by atoms with Crippen molar-refractivity contribution >= 4 is 0 Å². The van der Waals surface area contributed by atoms with Crippen LogP contribution in [0.3, 0.4) is 0 Å². The van der Waals surface area contributed by atoms with E-state index in [1.165, 1.54) is 7.11 Å². The predicted octanol–water partition coefficient (Wildman–Crippen LogP) is 3.05. The number of hydrogen-bond donors (Lipinski definition) is 1. The van der Waals surface area contributed by atoms with E-state index in [9.17, 15) is 8.78 Å². The van der Waals surface area contributed by atoms with Crippen molar-refractivity contribution in [2.75, 3.05) is 13.7 Å². The Labute approximate surface area is 115 Å². The third-order valence-electron chi connectivity index (χ3n) is 2.84. The van der Waals surface area contributed by atoms with Crippen LogP contribution in [0.1, 0.15) is 11.6 Å². The smallest absolute Gasteiger partial charge is 0.161 e. The van der Waals surface area contributed by atoms with Crippen LogP contribution in [-0.4, -0.2) is 13.7 Å². The normalized spacial score (nSPS) is 12.0. The fourth-order valence-corrected chi connectivity index (χ4v) is 1.81. The number of nitrogens with two attached hydrogens (primary N) is 1. The van der Waals surface area contributed by atoms with Gasteiger partial charge in [-0.2, -0.15) is 0 Å². The highest BCUT2D eigenvalue weighted by atomic mass is 19.1. The molecule has 1 unspecified atom stereocenters. The number of benzene rings is 2. The largest absolute Gasteiger partial charge is 0.493 e. The summed E-state index contributed by atoms with van der Waals surface area (Å²) in [6.45, 7) is 0.0146. The monoisotopic (exact) mass is 279 g/mol. The number of para-hydroxylation sites is 2. The second kappa shape index (κ2) is 6.34. The maximum atomic E-state index is 13.6. The summed E-state index contributed by atoms with van der Waals surface area (Å²) in [4.78, 5) is 0. The number of halogens is 2. The third kappa shape index (κ3) is 3.24. The first-order valence-electron chi connectivity index (χ1n) is 6.08. The van der Waals surface area contributed by atoms with Gasteiger partial charge < -0.3 is 15.2 Å². The van der Waals surface area contributed by atoms with Crippen molar-refractivity contribution in [2.24, 2.45) is 5.73 Å². The van der Waals surface area contributed by atoms with Crippen molar-refractivity contribution in [3.63, 3.8) is 0 Å². The molecule has 0 saturated heterocycles. The van der Waals surface area contributed by atoms with Crippen LogP contribution in [0, 0.1) is 11.6 Å². The molecule has 0 aliphatic rings. The Balaban J connectivity index is 2.08. The minimum Gasteiger partial charge on any atom is -0.493 e. The summed E-state index contributed by atoms with van der Waals surface area (Å²) in [7, 11) is 1.52. The van der Waals surface area contributed by atoms with E-state index in [0.717, 1.165) is 18.2 Å². The zero-order chi connectivity index (χ0) is 14.5. The van der Waals surface area contributed by atoms with E-state index in [-0.39, 0.29) is 12.2 Å². The molecule has 0 radical (unpaired) electrons. The molecule has 0 bridgehead atoms. The highest BCUT2D eigenvalue weighted by Gasteiger charge is 2.14. The van der Waals surface area contributed by atoms with Gasteiger partial charge in [-0.1, -0.05) is 12.1 Å². The number of ether oxygens (including phenoxy) is 2. The van der Waals surface area contributed by atoms with Gasteiger partial charge >= 0.3 is 0 Å². The zero-order valence-electron chi connectivity index (χ0n) is 11.0.